The Hall–Kier alpha value is -1.92. The second-order valence-electron chi connectivity index (χ2n) is 9.03. The number of carbonyl (C=O) groups excluding carboxylic acids is 2. The van der Waals surface area contributed by atoms with E-state index in [0.717, 1.165) is 22.9 Å². The molecule has 6 atom stereocenters. The van der Waals surface area contributed by atoms with Crippen molar-refractivity contribution in [3.05, 3.63) is 17.2 Å². The van der Waals surface area contributed by atoms with Crippen molar-refractivity contribution in [2.75, 3.05) is 20.1 Å². The highest BCUT2D eigenvalue weighted by molar-refractivity contribution is 5.95. The predicted octanol–water partition coefficient (Wildman–Crippen LogP) is 1.83. The van der Waals surface area contributed by atoms with Crippen molar-refractivity contribution in [1.29, 1.82) is 0 Å². The summed E-state index contributed by atoms with van der Waals surface area (Å²) in [6.07, 6.45) is 4.72. The van der Waals surface area contributed by atoms with Crippen LogP contribution in [0.1, 0.15) is 41.7 Å². The van der Waals surface area contributed by atoms with Gasteiger partial charge in [-0.1, -0.05) is 0 Å². The van der Waals surface area contributed by atoms with E-state index >= 15 is 0 Å². The molecule has 1 aromatic rings. The molecule has 4 fully saturated rings. The summed E-state index contributed by atoms with van der Waals surface area (Å²) < 4.78 is 15.3. The second kappa shape index (κ2) is 5.79. The molecule has 0 radical (unpaired) electrons. The van der Waals surface area contributed by atoms with E-state index in [0.29, 0.717) is 36.5 Å². The number of fused-ring (bicyclic) bond motifs is 5. The van der Waals surface area contributed by atoms with Crippen LogP contribution in [0.4, 0.5) is 4.39 Å². The topological polar surface area (TPSA) is 58.4 Å². The first kappa shape index (κ1) is 17.2. The van der Waals surface area contributed by atoms with Gasteiger partial charge in [-0.05, 0) is 56.3 Å². The maximum atomic E-state index is 14.2. The highest BCUT2D eigenvalue weighted by Gasteiger charge is 2.68. The smallest absolute Gasteiger partial charge is 0.260 e. The van der Waals surface area contributed by atoms with E-state index < -0.39 is 5.95 Å². The van der Waals surface area contributed by atoms with Crippen LogP contribution in [-0.2, 0) is 11.8 Å². The number of likely N-dealkylation sites (N-methyl/N-ethyl adjacent to an activating group) is 1. The lowest BCUT2D eigenvalue weighted by Crippen LogP contribution is -2.41. The van der Waals surface area contributed by atoms with E-state index in [1.54, 1.807) is 18.9 Å². The Bertz CT molecular complexity index is 805. The maximum Gasteiger partial charge on any atom is 0.260 e. The van der Waals surface area contributed by atoms with Crippen molar-refractivity contribution < 1.29 is 14.0 Å². The minimum atomic E-state index is -0.600. The first-order chi connectivity index (χ1) is 12.9. The van der Waals surface area contributed by atoms with Crippen molar-refractivity contribution in [3.63, 3.8) is 0 Å². The van der Waals surface area contributed by atoms with Gasteiger partial charge in [0.25, 0.3) is 5.91 Å². The van der Waals surface area contributed by atoms with Crippen LogP contribution in [-0.4, -0.2) is 57.6 Å². The molecule has 1 aliphatic heterocycles. The molecular weight excluding hydrogens is 347 g/mol. The summed E-state index contributed by atoms with van der Waals surface area (Å²) in [7, 11) is 3.20. The minimum Gasteiger partial charge on any atom is -0.340 e. The Morgan fingerprint density at radius 1 is 1.19 bits per heavy atom. The van der Waals surface area contributed by atoms with Gasteiger partial charge in [0, 0.05) is 33.1 Å². The summed E-state index contributed by atoms with van der Waals surface area (Å²) >= 11 is 0. The summed E-state index contributed by atoms with van der Waals surface area (Å²) in [5.74, 6) is 2.45. The molecule has 2 heterocycles. The van der Waals surface area contributed by atoms with Gasteiger partial charge < -0.3 is 9.80 Å². The van der Waals surface area contributed by atoms with E-state index in [-0.39, 0.29) is 23.4 Å². The highest BCUT2D eigenvalue weighted by Crippen LogP contribution is 2.69. The average molecular weight is 374 g/mol. The van der Waals surface area contributed by atoms with Gasteiger partial charge in [0.2, 0.25) is 11.9 Å². The largest absolute Gasteiger partial charge is 0.340 e. The lowest BCUT2D eigenvalue weighted by molar-refractivity contribution is -0.132. The van der Waals surface area contributed by atoms with Crippen LogP contribution >= 0.6 is 0 Å². The monoisotopic (exact) mass is 374 g/mol. The SMILES string of the molecule is Cc1nn(C)c(F)c1C(=O)N(C)C1CCN(C(=O)C2[C@@H]3[C@H]4CC[C@H](C4)[C@H]23)C1. The maximum absolute atomic E-state index is 14.2. The molecule has 6 nitrogen and oxygen atoms in total. The minimum absolute atomic E-state index is 0.0399. The number of hydrogen-bond acceptors (Lipinski definition) is 3. The highest BCUT2D eigenvalue weighted by atomic mass is 19.1. The molecule has 0 aromatic carbocycles. The van der Waals surface area contributed by atoms with Gasteiger partial charge in [-0.3, -0.25) is 9.59 Å². The molecule has 2 unspecified atom stereocenters. The molecule has 4 aliphatic rings. The van der Waals surface area contributed by atoms with Gasteiger partial charge in [-0.2, -0.15) is 9.49 Å². The summed E-state index contributed by atoms with van der Waals surface area (Å²) in [5, 5.41) is 4.00. The van der Waals surface area contributed by atoms with Gasteiger partial charge >= 0.3 is 0 Å². The Labute approximate surface area is 158 Å². The van der Waals surface area contributed by atoms with E-state index in [2.05, 4.69) is 5.10 Å². The van der Waals surface area contributed by atoms with Crippen molar-refractivity contribution in [2.24, 2.45) is 36.6 Å². The molecule has 146 valence electrons. The zero-order chi connectivity index (χ0) is 19.0. The van der Waals surface area contributed by atoms with Crippen molar-refractivity contribution in [1.82, 2.24) is 19.6 Å². The average Bonchev–Trinajstić information content (AvgIpc) is 3.06. The van der Waals surface area contributed by atoms with Crippen LogP contribution < -0.4 is 0 Å². The fraction of sp³-hybridized carbons (Fsp3) is 0.750. The quantitative estimate of drug-likeness (QED) is 0.811. The van der Waals surface area contributed by atoms with E-state index in [9.17, 15) is 14.0 Å². The van der Waals surface area contributed by atoms with E-state index in [4.69, 9.17) is 0 Å². The van der Waals surface area contributed by atoms with Crippen LogP contribution in [0.15, 0.2) is 0 Å². The number of hydrogen-bond donors (Lipinski definition) is 0. The molecule has 2 bridgehead atoms. The first-order valence-corrected chi connectivity index (χ1v) is 10.1. The van der Waals surface area contributed by atoms with Gasteiger partial charge in [-0.25, -0.2) is 4.68 Å². The van der Waals surface area contributed by atoms with E-state index in [1.807, 2.05) is 4.90 Å². The molecule has 2 amide bonds. The second-order valence-corrected chi connectivity index (χ2v) is 9.03. The normalized spacial score (nSPS) is 36.2. The van der Waals surface area contributed by atoms with Crippen LogP contribution in [0.25, 0.3) is 0 Å². The number of aromatic nitrogens is 2. The molecule has 1 saturated heterocycles. The fourth-order valence-corrected chi connectivity index (χ4v) is 6.34. The molecule has 1 aromatic heterocycles. The Balaban J connectivity index is 1.24. The van der Waals surface area contributed by atoms with Crippen molar-refractivity contribution in [2.45, 2.75) is 38.6 Å². The molecule has 0 spiro atoms. The Kier molecular flexibility index (Phi) is 3.69. The molecule has 3 saturated carbocycles. The standard InChI is InChI=1S/C20H27FN4O2/c1-10-14(18(21)24(3)22-10)19(26)23(2)13-6-7-25(9-13)20(27)17-15-11-4-5-12(8-11)16(15)17/h11-13,15-17H,4-9H2,1-3H3/t11-,12+,13?,15+,16-,17?. The number of likely N-dealkylation sites (tertiary alicyclic amines) is 1. The number of aryl methyl sites for hydroxylation is 2. The lowest BCUT2D eigenvalue weighted by Gasteiger charge is -2.25. The molecule has 27 heavy (non-hydrogen) atoms. The third-order valence-corrected chi connectivity index (χ3v) is 7.73. The molecule has 5 rings (SSSR count). The molecule has 3 aliphatic carbocycles. The van der Waals surface area contributed by atoms with E-state index in [1.165, 1.54) is 26.3 Å². The lowest BCUT2D eigenvalue weighted by atomic mass is 10.0. The number of carbonyl (C=O) groups is 2. The Morgan fingerprint density at radius 3 is 2.44 bits per heavy atom. The van der Waals surface area contributed by atoms with Crippen LogP contribution in [0.2, 0.25) is 0 Å². The summed E-state index contributed by atoms with van der Waals surface area (Å²) in [6.45, 7) is 2.91. The summed E-state index contributed by atoms with van der Waals surface area (Å²) in [4.78, 5) is 29.3. The summed E-state index contributed by atoms with van der Waals surface area (Å²) in [6, 6.07) is -0.0595. The number of rotatable bonds is 3. The number of halogens is 1. The number of amides is 2. The van der Waals surface area contributed by atoms with Gasteiger partial charge in [-0.15, -0.1) is 0 Å². The van der Waals surface area contributed by atoms with Crippen LogP contribution in [0, 0.1) is 42.5 Å². The van der Waals surface area contributed by atoms with Gasteiger partial charge in [0.1, 0.15) is 5.56 Å². The third-order valence-electron chi connectivity index (χ3n) is 7.73. The zero-order valence-corrected chi connectivity index (χ0v) is 16.2. The molecule has 7 heteroatoms. The first-order valence-electron chi connectivity index (χ1n) is 10.1. The molecule has 0 N–H and O–H groups in total. The number of nitrogens with zero attached hydrogens (tertiary/aromatic N) is 4. The predicted molar refractivity (Wildman–Crippen MR) is 96.3 cm³/mol. The Morgan fingerprint density at radius 2 is 1.85 bits per heavy atom. The van der Waals surface area contributed by atoms with Crippen molar-refractivity contribution in [3.8, 4) is 0 Å². The van der Waals surface area contributed by atoms with Gasteiger partial charge in [0.15, 0.2) is 0 Å². The molecular formula is C20H27FN4O2. The van der Waals surface area contributed by atoms with Crippen LogP contribution in [0.5, 0.6) is 0 Å². The van der Waals surface area contributed by atoms with Gasteiger partial charge in [0.05, 0.1) is 11.7 Å². The van der Waals surface area contributed by atoms with Crippen molar-refractivity contribution >= 4 is 11.8 Å². The summed E-state index contributed by atoms with van der Waals surface area (Å²) in [5.41, 5.74) is 0.442. The van der Waals surface area contributed by atoms with Crippen LogP contribution in [0.3, 0.4) is 0 Å². The fourth-order valence-electron chi connectivity index (χ4n) is 6.34. The zero-order valence-electron chi connectivity index (χ0n) is 16.2. The third kappa shape index (κ3) is 2.39.